The van der Waals surface area contributed by atoms with Crippen molar-refractivity contribution in [1.29, 1.82) is 0 Å². The van der Waals surface area contributed by atoms with Gasteiger partial charge in [-0.1, -0.05) is 5.16 Å². The summed E-state index contributed by atoms with van der Waals surface area (Å²) in [7, 11) is 0. The van der Waals surface area contributed by atoms with Crippen LogP contribution in [0.3, 0.4) is 0 Å². The van der Waals surface area contributed by atoms with Gasteiger partial charge in [-0.3, -0.25) is 0 Å². The lowest BCUT2D eigenvalue weighted by molar-refractivity contribution is -0.140. The minimum atomic E-state index is -0.202. The third-order valence-corrected chi connectivity index (χ3v) is 3.24. The summed E-state index contributed by atoms with van der Waals surface area (Å²) in [5.41, 5.74) is 0.949. The minimum absolute atomic E-state index is 0.202. The molecule has 0 aliphatic carbocycles. The van der Waals surface area contributed by atoms with Crippen LogP contribution < -0.4 is 0 Å². The van der Waals surface area contributed by atoms with E-state index in [2.05, 4.69) is 28.7 Å². The van der Waals surface area contributed by atoms with E-state index in [1.807, 2.05) is 0 Å². The molecule has 0 aromatic heterocycles. The van der Waals surface area contributed by atoms with E-state index in [1.54, 1.807) is 0 Å². The Labute approximate surface area is 90.3 Å². The second-order valence-corrected chi connectivity index (χ2v) is 4.65. The van der Waals surface area contributed by atoms with Gasteiger partial charge in [-0.05, 0) is 33.2 Å². The lowest BCUT2D eigenvalue weighted by Gasteiger charge is -2.34. The fourth-order valence-electron chi connectivity index (χ4n) is 2.29. The number of oxime groups is 1. The van der Waals surface area contributed by atoms with E-state index in [0.29, 0.717) is 18.4 Å². The molecule has 1 atom stereocenters. The second-order valence-electron chi connectivity index (χ2n) is 4.65. The monoisotopic (exact) mass is 210 g/mol. The molecule has 4 nitrogen and oxygen atoms in total. The van der Waals surface area contributed by atoms with E-state index >= 15 is 0 Å². The van der Waals surface area contributed by atoms with Crippen LogP contribution in [0.1, 0.15) is 33.1 Å². The first-order valence-corrected chi connectivity index (χ1v) is 5.67. The average molecular weight is 210 g/mol. The predicted octanol–water partition coefficient (Wildman–Crippen LogP) is 1.41. The molecule has 15 heavy (non-hydrogen) atoms. The van der Waals surface area contributed by atoms with Crippen molar-refractivity contribution in [2.45, 2.75) is 39.2 Å². The molecule has 0 N–H and O–H groups in total. The van der Waals surface area contributed by atoms with Crippen molar-refractivity contribution in [2.75, 3.05) is 13.1 Å². The highest BCUT2D eigenvalue weighted by atomic mass is 16.7. The molecular formula is C11H18N2O2. The summed E-state index contributed by atoms with van der Waals surface area (Å²) in [5.74, 6) is 0.222. The van der Waals surface area contributed by atoms with Gasteiger partial charge in [-0.15, -0.1) is 0 Å². The van der Waals surface area contributed by atoms with Crippen LogP contribution in [0.25, 0.3) is 0 Å². The Morgan fingerprint density at radius 2 is 2.33 bits per heavy atom. The number of likely N-dealkylation sites (tertiary alicyclic amines) is 1. The number of carbonyl (C=O) groups excluding carboxylic acids is 1. The van der Waals surface area contributed by atoms with E-state index in [0.717, 1.165) is 25.2 Å². The Kier molecular flexibility index (Phi) is 3.05. The zero-order chi connectivity index (χ0) is 10.8. The molecule has 0 spiro atoms. The number of hydrogen-bond acceptors (Lipinski definition) is 4. The zero-order valence-electron chi connectivity index (χ0n) is 9.40. The van der Waals surface area contributed by atoms with Gasteiger partial charge in [-0.2, -0.15) is 0 Å². The van der Waals surface area contributed by atoms with Crippen molar-refractivity contribution in [1.82, 2.24) is 4.90 Å². The standard InChI is InChI=1S/C11H18N2O2/c1-8(2)13-5-3-4-9(7-13)10-6-11(14)15-12-10/h8-9H,3-7H2,1-2H3/t9-/m1/s1. The molecule has 0 aromatic carbocycles. The molecule has 1 saturated heterocycles. The molecule has 0 bridgehead atoms. The van der Waals surface area contributed by atoms with E-state index in [-0.39, 0.29) is 5.97 Å². The Hall–Kier alpha value is -0.900. The zero-order valence-corrected chi connectivity index (χ0v) is 9.40. The van der Waals surface area contributed by atoms with Crippen LogP contribution in [0.2, 0.25) is 0 Å². The summed E-state index contributed by atoms with van der Waals surface area (Å²) in [6, 6.07) is 0.575. The van der Waals surface area contributed by atoms with E-state index < -0.39 is 0 Å². The summed E-state index contributed by atoms with van der Waals surface area (Å²) in [6.07, 6.45) is 2.73. The Morgan fingerprint density at radius 1 is 1.53 bits per heavy atom. The summed E-state index contributed by atoms with van der Waals surface area (Å²) < 4.78 is 0. The highest BCUT2D eigenvalue weighted by Gasteiger charge is 2.30. The Bertz CT molecular complexity index is 286. The summed E-state index contributed by atoms with van der Waals surface area (Å²) in [6.45, 7) is 6.60. The summed E-state index contributed by atoms with van der Waals surface area (Å²) in [4.78, 5) is 18.0. The van der Waals surface area contributed by atoms with E-state index in [4.69, 9.17) is 0 Å². The predicted molar refractivity (Wildman–Crippen MR) is 57.6 cm³/mol. The minimum Gasteiger partial charge on any atom is -0.318 e. The molecule has 2 rings (SSSR count). The SMILES string of the molecule is CC(C)N1CCC[C@@H](C2=NOC(=O)C2)C1. The number of carbonyl (C=O) groups is 1. The van der Waals surface area contributed by atoms with Crippen LogP contribution >= 0.6 is 0 Å². The third kappa shape index (κ3) is 2.37. The molecular weight excluding hydrogens is 192 g/mol. The molecule has 2 aliphatic rings. The van der Waals surface area contributed by atoms with Gasteiger partial charge >= 0.3 is 5.97 Å². The number of piperidine rings is 1. The van der Waals surface area contributed by atoms with Crippen LogP contribution in [-0.4, -0.2) is 35.7 Å². The Balaban J connectivity index is 1.95. The van der Waals surface area contributed by atoms with Crippen LogP contribution in [0.15, 0.2) is 5.16 Å². The van der Waals surface area contributed by atoms with Gasteiger partial charge in [0.2, 0.25) is 0 Å². The Morgan fingerprint density at radius 3 is 2.93 bits per heavy atom. The molecule has 0 unspecified atom stereocenters. The van der Waals surface area contributed by atoms with Gasteiger partial charge in [0.25, 0.3) is 0 Å². The first-order valence-electron chi connectivity index (χ1n) is 5.67. The fraction of sp³-hybridized carbons (Fsp3) is 0.818. The van der Waals surface area contributed by atoms with Gasteiger partial charge in [0, 0.05) is 18.5 Å². The molecule has 0 amide bonds. The van der Waals surface area contributed by atoms with Crippen molar-refractivity contribution in [2.24, 2.45) is 11.1 Å². The fourth-order valence-corrected chi connectivity index (χ4v) is 2.29. The lowest BCUT2D eigenvalue weighted by Crippen LogP contribution is -2.42. The van der Waals surface area contributed by atoms with E-state index in [9.17, 15) is 4.79 Å². The van der Waals surface area contributed by atoms with Crippen LogP contribution in [0.4, 0.5) is 0 Å². The largest absolute Gasteiger partial charge is 0.340 e. The third-order valence-electron chi connectivity index (χ3n) is 3.24. The molecule has 84 valence electrons. The highest BCUT2D eigenvalue weighted by Crippen LogP contribution is 2.23. The van der Waals surface area contributed by atoms with Crippen molar-refractivity contribution >= 4 is 11.7 Å². The lowest BCUT2D eigenvalue weighted by atomic mass is 9.91. The van der Waals surface area contributed by atoms with Gasteiger partial charge < -0.3 is 9.74 Å². The molecule has 0 saturated carbocycles. The van der Waals surface area contributed by atoms with Crippen LogP contribution in [0, 0.1) is 5.92 Å². The van der Waals surface area contributed by atoms with Crippen molar-refractivity contribution < 1.29 is 9.63 Å². The first-order chi connectivity index (χ1) is 7.16. The first kappa shape index (κ1) is 10.6. The average Bonchev–Trinajstić information content (AvgIpc) is 2.65. The topological polar surface area (TPSA) is 41.9 Å². The van der Waals surface area contributed by atoms with Gasteiger partial charge in [0.1, 0.15) is 0 Å². The number of nitrogens with zero attached hydrogens (tertiary/aromatic N) is 2. The van der Waals surface area contributed by atoms with Gasteiger partial charge in [-0.25, -0.2) is 4.79 Å². The van der Waals surface area contributed by atoms with Crippen molar-refractivity contribution in [3.8, 4) is 0 Å². The maximum atomic E-state index is 11.0. The molecule has 4 heteroatoms. The second kappa shape index (κ2) is 4.31. The maximum absolute atomic E-state index is 11.0. The smallest absolute Gasteiger partial charge is 0.318 e. The molecule has 0 radical (unpaired) electrons. The number of rotatable bonds is 2. The molecule has 2 heterocycles. The van der Waals surface area contributed by atoms with Crippen LogP contribution in [0.5, 0.6) is 0 Å². The maximum Gasteiger partial charge on any atom is 0.340 e. The molecule has 0 aromatic rings. The molecule has 1 fully saturated rings. The van der Waals surface area contributed by atoms with Gasteiger partial charge in [0.05, 0.1) is 12.1 Å². The van der Waals surface area contributed by atoms with Crippen molar-refractivity contribution in [3.05, 3.63) is 0 Å². The summed E-state index contributed by atoms with van der Waals surface area (Å²) >= 11 is 0. The van der Waals surface area contributed by atoms with Crippen LogP contribution in [-0.2, 0) is 9.63 Å². The highest BCUT2D eigenvalue weighted by molar-refractivity contribution is 6.03. The normalized spacial score (nSPS) is 28.1. The van der Waals surface area contributed by atoms with Crippen molar-refractivity contribution in [3.63, 3.8) is 0 Å². The van der Waals surface area contributed by atoms with Gasteiger partial charge in [0.15, 0.2) is 0 Å². The summed E-state index contributed by atoms with van der Waals surface area (Å²) in [5, 5.41) is 3.87. The molecule has 2 aliphatic heterocycles. The quantitative estimate of drug-likeness (QED) is 0.647. The number of hydrogen-bond donors (Lipinski definition) is 0. The van der Waals surface area contributed by atoms with E-state index in [1.165, 1.54) is 6.42 Å².